The minimum atomic E-state index is -0.442. The van der Waals surface area contributed by atoms with E-state index >= 15 is 0 Å². The van der Waals surface area contributed by atoms with Crippen molar-refractivity contribution in [2.75, 3.05) is 0 Å². The van der Waals surface area contributed by atoms with Crippen molar-refractivity contribution in [3.63, 3.8) is 0 Å². The molecule has 1 aromatic heterocycles. The van der Waals surface area contributed by atoms with Crippen LogP contribution < -0.4 is 4.80 Å². The molecule has 0 atom stereocenters. The largest absolute Gasteiger partial charge is 0.316 e. The van der Waals surface area contributed by atoms with E-state index in [2.05, 4.69) is 4.99 Å². The van der Waals surface area contributed by atoms with E-state index in [1.165, 1.54) is 23.5 Å². The van der Waals surface area contributed by atoms with Crippen LogP contribution in [0.3, 0.4) is 0 Å². The van der Waals surface area contributed by atoms with E-state index in [1.807, 2.05) is 6.92 Å². The maximum absolute atomic E-state index is 12.4. The van der Waals surface area contributed by atoms with E-state index in [9.17, 15) is 14.9 Å². The van der Waals surface area contributed by atoms with Crippen molar-refractivity contribution >= 4 is 44.7 Å². The number of fused-ring (bicyclic) bond motifs is 1. The standard InChI is InChI=1S/C16H12ClN3O3S/c1-2-19-13-9-10(20(22)23)7-8-14(13)24-16(19)18-15(21)11-5-3-4-6-12(11)17/h3-9H,2H2,1H3. The molecule has 0 spiro atoms. The van der Waals surface area contributed by atoms with Crippen LogP contribution in [0.2, 0.25) is 5.02 Å². The van der Waals surface area contributed by atoms with Crippen molar-refractivity contribution in [3.05, 3.63) is 68.0 Å². The van der Waals surface area contributed by atoms with Crippen LogP contribution in [0.5, 0.6) is 0 Å². The van der Waals surface area contributed by atoms with Gasteiger partial charge in [0.25, 0.3) is 11.6 Å². The average molecular weight is 362 g/mol. The number of halogens is 1. The number of non-ortho nitro benzene ring substituents is 1. The number of amides is 1. The summed E-state index contributed by atoms with van der Waals surface area (Å²) in [5, 5.41) is 11.3. The summed E-state index contributed by atoms with van der Waals surface area (Å²) < 4.78 is 2.61. The Hall–Kier alpha value is -2.51. The predicted octanol–water partition coefficient (Wildman–Crippen LogP) is 4.03. The summed E-state index contributed by atoms with van der Waals surface area (Å²) in [4.78, 5) is 27.6. The van der Waals surface area contributed by atoms with Crippen molar-refractivity contribution in [2.24, 2.45) is 4.99 Å². The lowest BCUT2D eigenvalue weighted by atomic mass is 10.2. The SMILES string of the molecule is CCn1c(=NC(=O)c2ccccc2Cl)sc2ccc([N+](=O)[O-])cc21. The first kappa shape index (κ1) is 16.4. The summed E-state index contributed by atoms with van der Waals surface area (Å²) in [6.45, 7) is 2.43. The Labute approximate surface area is 145 Å². The minimum absolute atomic E-state index is 0.00600. The quantitative estimate of drug-likeness (QED) is 0.522. The number of hydrogen-bond acceptors (Lipinski definition) is 4. The van der Waals surface area contributed by atoms with Crippen LogP contribution in [-0.2, 0) is 6.54 Å². The molecule has 0 fully saturated rings. The second-order valence-electron chi connectivity index (χ2n) is 4.93. The first-order valence-electron chi connectivity index (χ1n) is 7.12. The van der Waals surface area contributed by atoms with Gasteiger partial charge >= 0.3 is 0 Å². The summed E-state index contributed by atoms with van der Waals surface area (Å²) in [5.41, 5.74) is 1.01. The van der Waals surface area contributed by atoms with Gasteiger partial charge in [-0.25, -0.2) is 0 Å². The number of aryl methyl sites for hydroxylation is 1. The summed E-state index contributed by atoms with van der Waals surface area (Å²) >= 11 is 7.34. The molecule has 24 heavy (non-hydrogen) atoms. The van der Waals surface area contributed by atoms with E-state index in [0.717, 1.165) is 4.70 Å². The minimum Gasteiger partial charge on any atom is -0.316 e. The van der Waals surface area contributed by atoms with Gasteiger partial charge in [0.05, 0.1) is 25.7 Å². The number of carbonyl (C=O) groups is 1. The number of thiazole rings is 1. The van der Waals surface area contributed by atoms with Gasteiger partial charge in [0, 0.05) is 18.7 Å². The summed E-state index contributed by atoms with van der Waals surface area (Å²) in [5.74, 6) is -0.441. The predicted molar refractivity (Wildman–Crippen MR) is 93.5 cm³/mol. The number of nitro benzene ring substituents is 1. The monoisotopic (exact) mass is 361 g/mol. The lowest BCUT2D eigenvalue weighted by molar-refractivity contribution is -0.384. The molecule has 0 aliphatic rings. The number of benzene rings is 2. The van der Waals surface area contributed by atoms with Crippen molar-refractivity contribution in [1.29, 1.82) is 0 Å². The van der Waals surface area contributed by atoms with E-state index in [0.29, 0.717) is 27.4 Å². The van der Waals surface area contributed by atoms with Gasteiger partial charge in [-0.1, -0.05) is 35.1 Å². The molecular weight excluding hydrogens is 350 g/mol. The van der Waals surface area contributed by atoms with Crippen LogP contribution in [0.15, 0.2) is 47.5 Å². The Kier molecular flexibility index (Phi) is 4.46. The third kappa shape index (κ3) is 2.95. The molecule has 0 saturated heterocycles. The first-order valence-corrected chi connectivity index (χ1v) is 8.32. The molecule has 0 aliphatic carbocycles. The molecule has 3 rings (SSSR count). The molecule has 3 aromatic rings. The van der Waals surface area contributed by atoms with Crippen molar-refractivity contribution in [2.45, 2.75) is 13.5 Å². The third-order valence-electron chi connectivity index (χ3n) is 3.49. The Bertz CT molecular complexity index is 1020. The lowest BCUT2D eigenvalue weighted by Gasteiger charge is -2.01. The van der Waals surface area contributed by atoms with E-state index < -0.39 is 10.8 Å². The van der Waals surface area contributed by atoms with Gasteiger partial charge in [-0.2, -0.15) is 4.99 Å². The number of aromatic nitrogens is 1. The Morgan fingerprint density at radius 1 is 1.33 bits per heavy atom. The molecule has 0 bridgehead atoms. The molecule has 0 radical (unpaired) electrons. The van der Waals surface area contributed by atoms with E-state index in [1.54, 1.807) is 34.9 Å². The highest BCUT2D eigenvalue weighted by Gasteiger charge is 2.13. The second kappa shape index (κ2) is 6.54. The Morgan fingerprint density at radius 3 is 2.75 bits per heavy atom. The van der Waals surface area contributed by atoms with Crippen LogP contribution in [-0.4, -0.2) is 15.4 Å². The van der Waals surface area contributed by atoms with Gasteiger partial charge in [-0.3, -0.25) is 14.9 Å². The van der Waals surface area contributed by atoms with Crippen LogP contribution in [0, 0.1) is 10.1 Å². The van der Waals surface area contributed by atoms with Gasteiger partial charge in [-0.15, -0.1) is 0 Å². The average Bonchev–Trinajstić information content (AvgIpc) is 2.91. The highest BCUT2D eigenvalue weighted by Crippen LogP contribution is 2.23. The Balaban J connectivity index is 2.17. The van der Waals surface area contributed by atoms with Gasteiger partial charge in [0.15, 0.2) is 4.80 Å². The van der Waals surface area contributed by atoms with E-state index in [4.69, 9.17) is 11.6 Å². The number of carbonyl (C=O) groups excluding carboxylic acids is 1. The van der Waals surface area contributed by atoms with Crippen molar-refractivity contribution in [3.8, 4) is 0 Å². The van der Waals surface area contributed by atoms with Crippen LogP contribution >= 0.6 is 22.9 Å². The summed E-state index contributed by atoms with van der Waals surface area (Å²) in [6.07, 6.45) is 0. The molecule has 0 N–H and O–H groups in total. The zero-order valence-corrected chi connectivity index (χ0v) is 14.2. The molecule has 2 aromatic carbocycles. The number of nitro groups is 1. The molecule has 0 aliphatic heterocycles. The van der Waals surface area contributed by atoms with Gasteiger partial charge in [-0.05, 0) is 25.1 Å². The van der Waals surface area contributed by atoms with Gasteiger partial charge < -0.3 is 4.57 Å². The number of nitrogens with zero attached hydrogens (tertiary/aromatic N) is 3. The fraction of sp³-hybridized carbons (Fsp3) is 0.125. The molecule has 1 heterocycles. The molecule has 0 unspecified atom stereocenters. The Morgan fingerprint density at radius 2 is 2.08 bits per heavy atom. The smallest absolute Gasteiger partial charge is 0.281 e. The third-order valence-corrected chi connectivity index (χ3v) is 4.88. The second-order valence-corrected chi connectivity index (χ2v) is 6.35. The van der Waals surface area contributed by atoms with Gasteiger partial charge in [0.2, 0.25) is 0 Å². The maximum Gasteiger partial charge on any atom is 0.281 e. The maximum atomic E-state index is 12.4. The molecular formula is C16H12ClN3O3S. The normalized spacial score (nSPS) is 11.8. The molecule has 1 amide bonds. The van der Waals surface area contributed by atoms with Crippen LogP contribution in [0.1, 0.15) is 17.3 Å². The van der Waals surface area contributed by atoms with Gasteiger partial charge in [0.1, 0.15) is 0 Å². The van der Waals surface area contributed by atoms with Crippen molar-refractivity contribution < 1.29 is 9.72 Å². The van der Waals surface area contributed by atoms with Crippen molar-refractivity contribution in [1.82, 2.24) is 4.57 Å². The molecule has 8 heteroatoms. The highest BCUT2D eigenvalue weighted by molar-refractivity contribution is 7.16. The van der Waals surface area contributed by atoms with Crippen LogP contribution in [0.25, 0.3) is 10.2 Å². The van der Waals surface area contributed by atoms with E-state index in [-0.39, 0.29) is 5.69 Å². The number of hydrogen-bond donors (Lipinski definition) is 0. The topological polar surface area (TPSA) is 77.5 Å². The summed E-state index contributed by atoms with van der Waals surface area (Å²) in [7, 11) is 0. The van der Waals surface area contributed by atoms with Crippen LogP contribution in [0.4, 0.5) is 5.69 Å². The fourth-order valence-electron chi connectivity index (χ4n) is 2.34. The molecule has 6 nitrogen and oxygen atoms in total. The zero-order valence-electron chi connectivity index (χ0n) is 12.6. The molecule has 122 valence electrons. The highest BCUT2D eigenvalue weighted by atomic mass is 35.5. The fourth-order valence-corrected chi connectivity index (χ4v) is 3.63. The zero-order chi connectivity index (χ0) is 17.3. The lowest BCUT2D eigenvalue weighted by Crippen LogP contribution is -2.16. The summed E-state index contributed by atoms with van der Waals surface area (Å²) in [6, 6.07) is 11.3. The first-order chi connectivity index (χ1) is 11.5. The number of rotatable bonds is 3. The molecule has 0 saturated carbocycles.